The molecule has 2 aromatic carbocycles. The van der Waals surface area contributed by atoms with Crippen molar-refractivity contribution in [2.75, 3.05) is 0 Å². The molecule has 27 heavy (non-hydrogen) atoms. The number of halogens is 6. The highest BCUT2D eigenvalue weighted by molar-refractivity contribution is 6.03. The van der Waals surface area contributed by atoms with Crippen LogP contribution in [0.25, 0.3) is 11.6 Å². The molecule has 1 heterocycles. The molecule has 140 valence electrons. The van der Waals surface area contributed by atoms with Crippen LogP contribution in [0.3, 0.4) is 0 Å². The molecule has 0 aliphatic carbocycles. The topological polar surface area (TPSA) is 26.3 Å². The van der Waals surface area contributed by atoms with Crippen molar-refractivity contribution in [3.63, 3.8) is 0 Å². The highest BCUT2D eigenvalue weighted by Crippen LogP contribution is 2.36. The van der Waals surface area contributed by atoms with E-state index in [2.05, 4.69) is 0 Å². The van der Waals surface area contributed by atoms with Gasteiger partial charge < -0.3 is 4.74 Å². The van der Waals surface area contributed by atoms with E-state index in [1.54, 1.807) is 0 Å². The smallest absolute Gasteiger partial charge is 0.416 e. The van der Waals surface area contributed by atoms with Crippen molar-refractivity contribution < 1.29 is 35.9 Å². The van der Waals surface area contributed by atoms with Crippen LogP contribution in [0.15, 0.2) is 60.4 Å². The largest absolute Gasteiger partial charge is 0.423 e. The van der Waals surface area contributed by atoms with E-state index in [1.165, 1.54) is 30.3 Å². The maximum absolute atomic E-state index is 12.9. The molecule has 0 aromatic heterocycles. The number of benzene rings is 2. The summed E-state index contributed by atoms with van der Waals surface area (Å²) in [6, 6.07) is 8.51. The lowest BCUT2D eigenvalue weighted by molar-refractivity contribution is -0.138. The third-order valence-electron chi connectivity index (χ3n) is 3.75. The molecule has 0 fully saturated rings. The number of hydrogen-bond acceptors (Lipinski definition) is 2. The van der Waals surface area contributed by atoms with E-state index in [-0.39, 0.29) is 22.5 Å². The molecule has 0 radical (unpaired) electrons. The van der Waals surface area contributed by atoms with Gasteiger partial charge in [0.15, 0.2) is 0 Å². The number of hydrogen-bond donors (Lipinski definition) is 0. The predicted molar refractivity (Wildman–Crippen MR) is 84.9 cm³/mol. The van der Waals surface area contributed by atoms with Crippen LogP contribution in [0.5, 0.6) is 0 Å². The summed E-state index contributed by atoms with van der Waals surface area (Å²) in [5, 5.41) is 0. The van der Waals surface area contributed by atoms with Crippen molar-refractivity contribution in [3.8, 4) is 0 Å². The van der Waals surface area contributed by atoms with Crippen LogP contribution in [-0.2, 0) is 21.9 Å². The zero-order valence-electron chi connectivity index (χ0n) is 13.4. The second-order valence-corrected chi connectivity index (χ2v) is 5.69. The molecule has 0 bridgehead atoms. The van der Waals surface area contributed by atoms with Crippen molar-refractivity contribution in [1.82, 2.24) is 0 Å². The van der Waals surface area contributed by atoms with Gasteiger partial charge in [0, 0.05) is 11.6 Å². The first-order valence-corrected chi connectivity index (χ1v) is 7.54. The van der Waals surface area contributed by atoms with E-state index in [0.29, 0.717) is 0 Å². The Morgan fingerprint density at radius 1 is 0.815 bits per heavy atom. The van der Waals surface area contributed by atoms with Gasteiger partial charge in [-0.3, -0.25) is 0 Å². The van der Waals surface area contributed by atoms with E-state index in [4.69, 9.17) is 4.74 Å². The van der Waals surface area contributed by atoms with E-state index >= 15 is 0 Å². The van der Waals surface area contributed by atoms with Gasteiger partial charge in [-0.2, -0.15) is 26.3 Å². The number of carbonyl (C=O) groups excluding carboxylic acids is 1. The SMILES string of the molecule is O=C1C=C(c2cccc(C(F)(F)F)c2)C(=Cc2cccc(C(F)(F)F)c2)O1. The highest BCUT2D eigenvalue weighted by atomic mass is 19.4. The van der Waals surface area contributed by atoms with Crippen LogP contribution in [0.2, 0.25) is 0 Å². The number of allylic oxidation sites excluding steroid dienone is 1. The Morgan fingerprint density at radius 2 is 1.41 bits per heavy atom. The van der Waals surface area contributed by atoms with Crippen LogP contribution in [0, 0.1) is 0 Å². The molecule has 2 aromatic rings. The van der Waals surface area contributed by atoms with Crippen molar-refractivity contribution in [1.29, 1.82) is 0 Å². The number of alkyl halides is 6. The second kappa shape index (κ2) is 6.61. The molecule has 0 N–H and O–H groups in total. The molecule has 8 heteroatoms. The van der Waals surface area contributed by atoms with Crippen molar-refractivity contribution >= 4 is 17.6 Å². The summed E-state index contributed by atoms with van der Waals surface area (Å²) in [6.45, 7) is 0. The molecule has 2 nitrogen and oxygen atoms in total. The van der Waals surface area contributed by atoms with Crippen molar-refractivity contribution in [3.05, 3.63) is 82.6 Å². The molecule has 0 unspecified atom stereocenters. The van der Waals surface area contributed by atoms with E-state index in [9.17, 15) is 31.1 Å². The molecular weight excluding hydrogens is 374 g/mol. The second-order valence-electron chi connectivity index (χ2n) is 5.69. The normalized spacial score (nSPS) is 16.4. The van der Waals surface area contributed by atoms with Gasteiger partial charge >= 0.3 is 18.3 Å². The summed E-state index contributed by atoms with van der Waals surface area (Å²) < 4.78 is 82.1. The Bertz CT molecular complexity index is 951. The van der Waals surface area contributed by atoms with Gasteiger partial charge in [0.1, 0.15) is 5.76 Å². The van der Waals surface area contributed by atoms with Gasteiger partial charge in [-0.1, -0.05) is 24.3 Å². The average Bonchev–Trinajstić information content (AvgIpc) is 2.94. The number of cyclic esters (lactones) is 1. The van der Waals surface area contributed by atoms with Crippen LogP contribution in [0.4, 0.5) is 26.3 Å². The van der Waals surface area contributed by atoms with Crippen LogP contribution in [-0.4, -0.2) is 5.97 Å². The highest BCUT2D eigenvalue weighted by Gasteiger charge is 2.32. The Kier molecular flexibility index (Phi) is 4.59. The quantitative estimate of drug-likeness (QED) is 0.490. The first kappa shape index (κ1) is 18.8. The average molecular weight is 384 g/mol. The number of carbonyl (C=O) groups is 1. The zero-order valence-corrected chi connectivity index (χ0v) is 13.4. The molecular formula is C19H10F6O2. The molecule has 3 rings (SSSR count). The first-order chi connectivity index (χ1) is 12.5. The van der Waals surface area contributed by atoms with Crippen molar-refractivity contribution in [2.45, 2.75) is 12.4 Å². The van der Waals surface area contributed by atoms with E-state index in [1.807, 2.05) is 0 Å². The summed E-state index contributed by atoms with van der Waals surface area (Å²) in [6.07, 6.45) is -6.97. The summed E-state index contributed by atoms with van der Waals surface area (Å²) in [4.78, 5) is 11.6. The third-order valence-corrected chi connectivity index (χ3v) is 3.75. The maximum atomic E-state index is 12.9. The summed E-state index contributed by atoms with van der Waals surface area (Å²) >= 11 is 0. The minimum atomic E-state index is -4.58. The van der Waals surface area contributed by atoms with Gasteiger partial charge in [0.25, 0.3) is 0 Å². The molecule has 0 spiro atoms. The predicted octanol–water partition coefficient (Wildman–Crippen LogP) is 5.71. The van der Waals surface area contributed by atoms with Gasteiger partial charge in [0.05, 0.1) is 11.1 Å². The summed E-state index contributed by atoms with van der Waals surface area (Å²) in [7, 11) is 0. The lowest BCUT2D eigenvalue weighted by Gasteiger charge is -2.10. The van der Waals surface area contributed by atoms with Gasteiger partial charge in [0.2, 0.25) is 0 Å². The standard InChI is InChI=1S/C19H10F6O2/c20-18(21,22)13-5-1-3-11(7-13)8-16-15(10-17(26)27-16)12-4-2-6-14(9-12)19(23,24)25/h1-10H. The Labute approximate surface area is 149 Å². The molecule has 1 aliphatic rings. The Hall–Kier alpha value is -3.03. The van der Waals surface area contributed by atoms with Gasteiger partial charge in [-0.05, 0) is 41.5 Å². The fourth-order valence-corrected chi connectivity index (χ4v) is 2.53. The van der Waals surface area contributed by atoms with Crippen LogP contribution < -0.4 is 0 Å². The number of ether oxygens (including phenoxy) is 1. The Balaban J connectivity index is 2.01. The van der Waals surface area contributed by atoms with Crippen molar-refractivity contribution in [2.24, 2.45) is 0 Å². The zero-order chi connectivity index (χ0) is 19.8. The monoisotopic (exact) mass is 384 g/mol. The lowest BCUT2D eigenvalue weighted by atomic mass is 10.0. The summed E-state index contributed by atoms with van der Waals surface area (Å²) in [5.41, 5.74) is -1.60. The fourth-order valence-electron chi connectivity index (χ4n) is 2.53. The van der Waals surface area contributed by atoms with Crippen LogP contribution >= 0.6 is 0 Å². The van der Waals surface area contributed by atoms with Gasteiger partial charge in [-0.15, -0.1) is 0 Å². The molecule has 0 amide bonds. The van der Waals surface area contributed by atoms with E-state index in [0.717, 1.165) is 30.3 Å². The molecule has 0 saturated heterocycles. The molecule has 0 atom stereocenters. The molecule has 0 saturated carbocycles. The first-order valence-electron chi connectivity index (χ1n) is 7.54. The van der Waals surface area contributed by atoms with Gasteiger partial charge in [-0.25, -0.2) is 4.79 Å². The molecule has 1 aliphatic heterocycles. The third kappa shape index (κ3) is 4.21. The number of rotatable bonds is 2. The maximum Gasteiger partial charge on any atom is 0.416 e. The van der Waals surface area contributed by atoms with E-state index < -0.39 is 29.4 Å². The van der Waals surface area contributed by atoms with Crippen LogP contribution in [0.1, 0.15) is 22.3 Å². The summed E-state index contributed by atoms with van der Waals surface area (Å²) in [5.74, 6) is -0.945. The number of esters is 1. The minimum absolute atomic E-state index is 0.0588. The lowest BCUT2D eigenvalue weighted by Crippen LogP contribution is -2.05. The fraction of sp³-hybridized carbons (Fsp3) is 0.105. The minimum Gasteiger partial charge on any atom is -0.423 e. The Morgan fingerprint density at radius 3 is 2.04 bits per heavy atom.